The Morgan fingerprint density at radius 1 is 0.926 bits per heavy atom. The van der Waals surface area contributed by atoms with Gasteiger partial charge in [0.15, 0.2) is 12.4 Å². The Morgan fingerprint density at radius 3 is 2.22 bits per heavy atom. The topological polar surface area (TPSA) is 69.8 Å². The van der Waals surface area contributed by atoms with Gasteiger partial charge in [0.1, 0.15) is 19.0 Å². The third kappa shape index (κ3) is 5.53. The molecule has 2 atom stereocenters. The van der Waals surface area contributed by atoms with E-state index in [0.717, 1.165) is 28.9 Å². The number of esters is 1. The van der Waals surface area contributed by atoms with Gasteiger partial charge in [-0.05, 0) is 28.8 Å². The van der Waals surface area contributed by atoms with E-state index in [-0.39, 0.29) is 25.0 Å². The van der Waals surface area contributed by atoms with Crippen LogP contribution in [0.4, 0.5) is 0 Å². The summed E-state index contributed by atoms with van der Waals surface area (Å²) < 4.78 is 26.2. The van der Waals surface area contributed by atoms with E-state index in [4.69, 9.17) is 23.7 Å². The zero-order valence-corrected chi connectivity index (χ0v) is 15.0. The van der Waals surface area contributed by atoms with E-state index in [1.165, 1.54) is 0 Å². The van der Waals surface area contributed by atoms with Crippen LogP contribution in [0.3, 0.4) is 0 Å². The summed E-state index contributed by atoms with van der Waals surface area (Å²) in [6, 6.07) is 16.0. The van der Waals surface area contributed by atoms with E-state index >= 15 is 0 Å². The number of carbonyl (C=O) groups excluding carboxylic acids is 1. The Kier molecular flexibility index (Phi) is 5.67. The summed E-state index contributed by atoms with van der Waals surface area (Å²) in [4.78, 5) is 11.5. The standard InChI is InChI=1S/C21H22O6/c22-21(19-13-25-19)27-12-15-2-4-16(5-3-15)17-6-8-18(9-7-17)23-10-1-11-24-20-14-26-20/h2-9,19-20H,1,10-14H2. The van der Waals surface area contributed by atoms with E-state index in [0.29, 0.717) is 26.4 Å². The van der Waals surface area contributed by atoms with Crippen molar-refractivity contribution in [3.8, 4) is 16.9 Å². The van der Waals surface area contributed by atoms with Crippen LogP contribution in [0.2, 0.25) is 0 Å². The number of hydrogen-bond donors (Lipinski definition) is 0. The van der Waals surface area contributed by atoms with Crippen molar-refractivity contribution in [2.75, 3.05) is 26.4 Å². The first-order chi connectivity index (χ1) is 13.3. The molecule has 2 saturated heterocycles. The maximum absolute atomic E-state index is 11.5. The van der Waals surface area contributed by atoms with Crippen LogP contribution in [0.15, 0.2) is 48.5 Å². The fourth-order valence-electron chi connectivity index (χ4n) is 2.57. The minimum absolute atomic E-state index is 0.00920. The lowest BCUT2D eigenvalue weighted by molar-refractivity contribution is -0.146. The molecule has 27 heavy (non-hydrogen) atoms. The maximum atomic E-state index is 11.5. The SMILES string of the molecule is O=C(OCc1ccc(-c2ccc(OCCCOC3CO3)cc2)cc1)C1CO1. The molecule has 2 heterocycles. The van der Waals surface area contributed by atoms with Crippen LogP contribution in [0.25, 0.3) is 11.1 Å². The van der Waals surface area contributed by atoms with E-state index in [9.17, 15) is 4.79 Å². The van der Waals surface area contributed by atoms with E-state index in [1.54, 1.807) is 0 Å². The van der Waals surface area contributed by atoms with Crippen molar-refractivity contribution in [2.24, 2.45) is 0 Å². The fraction of sp³-hybridized carbons (Fsp3) is 0.381. The van der Waals surface area contributed by atoms with Gasteiger partial charge >= 0.3 is 5.97 Å². The number of carbonyl (C=O) groups is 1. The van der Waals surface area contributed by atoms with Gasteiger partial charge in [0.2, 0.25) is 0 Å². The number of epoxide rings is 2. The fourth-order valence-corrected chi connectivity index (χ4v) is 2.57. The van der Waals surface area contributed by atoms with Crippen LogP contribution >= 0.6 is 0 Å². The molecule has 2 aliphatic rings. The van der Waals surface area contributed by atoms with E-state index in [1.807, 2.05) is 48.5 Å². The monoisotopic (exact) mass is 370 g/mol. The molecule has 2 fully saturated rings. The predicted octanol–water partition coefficient (Wildman–Crippen LogP) is 2.94. The first-order valence-electron chi connectivity index (χ1n) is 9.11. The Morgan fingerprint density at radius 2 is 1.59 bits per heavy atom. The lowest BCUT2D eigenvalue weighted by atomic mass is 10.0. The summed E-state index contributed by atoms with van der Waals surface area (Å²) >= 11 is 0. The second kappa shape index (κ2) is 8.52. The number of benzene rings is 2. The lowest BCUT2D eigenvalue weighted by Gasteiger charge is -2.08. The van der Waals surface area contributed by atoms with Gasteiger partial charge in [0, 0.05) is 6.42 Å². The molecule has 6 heteroatoms. The van der Waals surface area contributed by atoms with Crippen LogP contribution in [0.5, 0.6) is 5.75 Å². The molecule has 2 unspecified atom stereocenters. The first kappa shape index (κ1) is 18.0. The molecule has 0 aromatic heterocycles. The molecule has 4 rings (SSSR count). The largest absolute Gasteiger partial charge is 0.494 e. The van der Waals surface area contributed by atoms with Gasteiger partial charge in [-0.15, -0.1) is 0 Å². The average Bonchev–Trinajstić information content (AvgIpc) is 3.60. The van der Waals surface area contributed by atoms with Crippen molar-refractivity contribution in [3.05, 3.63) is 54.1 Å². The van der Waals surface area contributed by atoms with Gasteiger partial charge < -0.3 is 23.7 Å². The van der Waals surface area contributed by atoms with E-state index in [2.05, 4.69) is 0 Å². The van der Waals surface area contributed by atoms with Gasteiger partial charge in [-0.25, -0.2) is 4.79 Å². The normalized spacial score (nSPS) is 20.1. The Hall–Kier alpha value is -2.41. The van der Waals surface area contributed by atoms with Crippen molar-refractivity contribution in [3.63, 3.8) is 0 Å². The summed E-state index contributed by atoms with van der Waals surface area (Å²) in [5.74, 6) is 0.550. The van der Waals surface area contributed by atoms with Crippen molar-refractivity contribution < 1.29 is 28.5 Å². The van der Waals surface area contributed by atoms with Gasteiger partial charge in [-0.1, -0.05) is 36.4 Å². The molecule has 2 aromatic carbocycles. The third-order valence-corrected chi connectivity index (χ3v) is 4.28. The lowest BCUT2D eigenvalue weighted by Crippen LogP contribution is -2.11. The predicted molar refractivity (Wildman–Crippen MR) is 97.2 cm³/mol. The molecule has 0 amide bonds. The molecule has 0 saturated carbocycles. The summed E-state index contributed by atoms with van der Waals surface area (Å²) in [5.41, 5.74) is 3.15. The van der Waals surface area contributed by atoms with Gasteiger partial charge in [0.25, 0.3) is 0 Å². The number of ether oxygens (including phenoxy) is 5. The van der Waals surface area contributed by atoms with Crippen LogP contribution in [0.1, 0.15) is 12.0 Å². The highest BCUT2D eigenvalue weighted by Crippen LogP contribution is 2.23. The van der Waals surface area contributed by atoms with E-state index < -0.39 is 0 Å². The smallest absolute Gasteiger partial charge is 0.338 e. The molecule has 0 aliphatic carbocycles. The molecule has 2 aliphatic heterocycles. The minimum atomic E-state index is -0.357. The molecule has 0 bridgehead atoms. The molecule has 142 valence electrons. The maximum Gasteiger partial charge on any atom is 0.338 e. The number of hydrogen-bond acceptors (Lipinski definition) is 6. The van der Waals surface area contributed by atoms with Gasteiger partial charge in [-0.3, -0.25) is 0 Å². The van der Waals surface area contributed by atoms with Crippen molar-refractivity contribution in [2.45, 2.75) is 25.4 Å². The zero-order valence-electron chi connectivity index (χ0n) is 15.0. The van der Waals surface area contributed by atoms with Crippen LogP contribution in [-0.4, -0.2) is 44.8 Å². The highest BCUT2D eigenvalue weighted by molar-refractivity contribution is 5.77. The quantitative estimate of drug-likeness (QED) is 0.364. The van der Waals surface area contributed by atoms with Crippen LogP contribution < -0.4 is 4.74 Å². The first-order valence-corrected chi connectivity index (χ1v) is 9.11. The molecule has 0 N–H and O–H groups in total. The van der Waals surface area contributed by atoms with Gasteiger partial charge in [-0.2, -0.15) is 0 Å². The van der Waals surface area contributed by atoms with Gasteiger partial charge in [0.05, 0.1) is 19.8 Å². The minimum Gasteiger partial charge on any atom is -0.494 e. The highest BCUT2D eigenvalue weighted by Gasteiger charge is 2.32. The summed E-state index contributed by atoms with van der Waals surface area (Å²) in [7, 11) is 0. The van der Waals surface area contributed by atoms with Crippen molar-refractivity contribution in [1.29, 1.82) is 0 Å². The van der Waals surface area contributed by atoms with Crippen molar-refractivity contribution in [1.82, 2.24) is 0 Å². The van der Waals surface area contributed by atoms with Crippen LogP contribution in [-0.2, 0) is 30.3 Å². The van der Waals surface area contributed by atoms with Crippen LogP contribution in [0, 0.1) is 0 Å². The second-order valence-electron chi connectivity index (χ2n) is 6.49. The molecular weight excluding hydrogens is 348 g/mol. The molecule has 6 nitrogen and oxygen atoms in total. The second-order valence-corrected chi connectivity index (χ2v) is 6.49. The Bertz CT molecular complexity index is 747. The molecule has 0 spiro atoms. The average molecular weight is 370 g/mol. The summed E-state index contributed by atoms with van der Waals surface area (Å²) in [6.07, 6.45) is 0.486. The molecule has 2 aromatic rings. The number of rotatable bonds is 10. The van der Waals surface area contributed by atoms with Crippen molar-refractivity contribution >= 4 is 5.97 Å². The Labute approximate surface area is 157 Å². The molecule has 0 radical (unpaired) electrons. The summed E-state index contributed by atoms with van der Waals surface area (Å²) in [6.45, 7) is 2.72. The zero-order chi connectivity index (χ0) is 18.5. The molecular formula is C21H22O6. The highest BCUT2D eigenvalue weighted by atomic mass is 16.8. The summed E-state index contributed by atoms with van der Waals surface area (Å²) in [5, 5.41) is 0. The third-order valence-electron chi connectivity index (χ3n) is 4.28. The Balaban J connectivity index is 1.23.